The van der Waals surface area contributed by atoms with Crippen LogP contribution in [-0.4, -0.2) is 9.52 Å². The van der Waals surface area contributed by atoms with Gasteiger partial charge in [0.15, 0.2) is 0 Å². The maximum absolute atomic E-state index is 2.26. The summed E-state index contributed by atoms with van der Waals surface area (Å²) in [5, 5.41) is 2.69. The predicted octanol–water partition coefficient (Wildman–Crippen LogP) is 5.32. The van der Waals surface area contributed by atoms with Gasteiger partial charge in [0.05, 0.1) is 0 Å². The molecule has 0 atom stereocenters. The molecule has 3 rings (SSSR count). The van der Waals surface area contributed by atoms with Crippen molar-refractivity contribution in [3.63, 3.8) is 0 Å². The second kappa shape index (κ2) is 8.43. The fourth-order valence-corrected chi connectivity index (χ4v) is 2.25. The van der Waals surface area contributed by atoms with Gasteiger partial charge in [0.2, 0.25) is 0 Å². The number of hydrogen-bond donors (Lipinski definition) is 0. The number of hydrogen-bond acceptors (Lipinski definition) is 0. The summed E-state index contributed by atoms with van der Waals surface area (Å²) in [4.78, 5) is 0. The molecule has 0 aromatic heterocycles. The Kier molecular flexibility index (Phi) is 7.24. The third kappa shape index (κ3) is 4.06. The van der Waals surface area contributed by atoms with Crippen molar-refractivity contribution in [3.05, 3.63) is 66.2 Å². The van der Waals surface area contributed by atoms with Crippen LogP contribution in [0.5, 0.6) is 0 Å². The predicted molar refractivity (Wildman–Crippen MR) is 87.2 cm³/mol. The molecule has 0 amide bonds. The second-order valence-electron chi connectivity index (χ2n) is 4.71. The third-order valence-electron chi connectivity index (χ3n) is 2.98. The number of benzene rings is 2. The van der Waals surface area contributed by atoms with Crippen molar-refractivity contribution in [2.75, 3.05) is 0 Å². The molecule has 3 aromatic rings. The largest absolute Gasteiger partial charge is 0.165 e. The van der Waals surface area contributed by atoms with Gasteiger partial charge in [0.1, 0.15) is 0 Å². The van der Waals surface area contributed by atoms with Gasteiger partial charge in [-0.25, -0.2) is 0 Å². The van der Waals surface area contributed by atoms with E-state index in [1.807, 2.05) is 0 Å². The van der Waals surface area contributed by atoms with Crippen LogP contribution in [0.3, 0.4) is 0 Å². The van der Waals surface area contributed by atoms with E-state index in [4.69, 9.17) is 0 Å². The molecule has 0 unspecified atom stereocenters. The van der Waals surface area contributed by atoms with Gasteiger partial charge >= 0.3 is 0 Å². The average Bonchev–Trinajstić information content (AvgIpc) is 2.80. The van der Waals surface area contributed by atoms with Crippen LogP contribution in [-0.2, 0) is 25.8 Å². The van der Waals surface area contributed by atoms with E-state index in [2.05, 4.69) is 80.7 Å². The van der Waals surface area contributed by atoms with E-state index in [0.717, 1.165) is 9.52 Å². The first-order chi connectivity index (χ1) is 9.26. The van der Waals surface area contributed by atoms with Crippen molar-refractivity contribution in [1.82, 2.24) is 0 Å². The third-order valence-corrected chi connectivity index (χ3v) is 2.98. The molecular weight excluding hydrogens is 423 g/mol. The maximum atomic E-state index is 2.26. The zero-order valence-electron chi connectivity index (χ0n) is 12.3. The Morgan fingerprint density at radius 1 is 0.900 bits per heavy atom. The molecule has 0 saturated carbocycles. The monoisotopic (exact) mass is 443 g/mol. The molecule has 2 radical (unpaired) electrons. The molecule has 3 aromatic carbocycles. The minimum absolute atomic E-state index is 0. The quantitative estimate of drug-likeness (QED) is 0.354. The molecule has 100 valence electrons. The van der Waals surface area contributed by atoms with Gasteiger partial charge in [-0.3, -0.25) is 0 Å². The van der Waals surface area contributed by atoms with Crippen molar-refractivity contribution in [2.24, 2.45) is 0 Å². The maximum Gasteiger partial charge on any atom is 0.0307 e. The molecule has 0 aliphatic carbocycles. The topological polar surface area (TPSA) is 0 Å². The van der Waals surface area contributed by atoms with E-state index < -0.39 is 0 Å². The fourth-order valence-electron chi connectivity index (χ4n) is 2.25. The first-order valence-corrected chi connectivity index (χ1v) is 8.56. The van der Waals surface area contributed by atoms with Gasteiger partial charge in [-0.15, -0.1) is 34.5 Å². The minimum atomic E-state index is 0. The SMILES string of the molecule is C[Si]C.Cc1cc2c(-c3ccccc3)cccc2[cH-]1.[Hf]. The molecule has 0 heterocycles. The molecule has 0 N–H and O–H groups in total. The minimum Gasteiger partial charge on any atom is -0.165 e. The Morgan fingerprint density at radius 2 is 1.55 bits per heavy atom. The molecule has 20 heavy (non-hydrogen) atoms. The average molecular weight is 442 g/mol. The molecule has 2 heteroatoms. The normalized spacial score (nSPS) is 9.55. The molecule has 0 saturated heterocycles. The van der Waals surface area contributed by atoms with Crippen LogP contribution in [0.4, 0.5) is 0 Å². The first kappa shape index (κ1) is 17.2. The summed E-state index contributed by atoms with van der Waals surface area (Å²) >= 11 is 0. The van der Waals surface area contributed by atoms with Crippen LogP contribution in [0.25, 0.3) is 21.9 Å². The number of fused-ring (bicyclic) bond motifs is 1. The molecule has 0 aliphatic heterocycles. The Bertz CT molecular complexity index is 641. The number of aryl methyl sites for hydroxylation is 1. The molecule has 0 aliphatic rings. The summed E-state index contributed by atoms with van der Waals surface area (Å²) in [6.07, 6.45) is 0. The number of rotatable bonds is 1. The van der Waals surface area contributed by atoms with E-state index in [9.17, 15) is 0 Å². The summed E-state index contributed by atoms with van der Waals surface area (Å²) < 4.78 is 0. The molecular formula is C18H19HfSi-. The summed E-state index contributed by atoms with van der Waals surface area (Å²) in [5.74, 6) is 0. The van der Waals surface area contributed by atoms with Crippen LogP contribution >= 0.6 is 0 Å². The molecule has 0 spiro atoms. The second-order valence-corrected chi connectivity index (χ2v) is 5.71. The van der Waals surface area contributed by atoms with E-state index in [-0.39, 0.29) is 25.8 Å². The van der Waals surface area contributed by atoms with Crippen molar-refractivity contribution < 1.29 is 25.8 Å². The van der Waals surface area contributed by atoms with E-state index in [0.29, 0.717) is 0 Å². The van der Waals surface area contributed by atoms with Crippen LogP contribution in [0, 0.1) is 6.92 Å². The van der Waals surface area contributed by atoms with Gasteiger partial charge in [-0.05, 0) is 5.56 Å². The van der Waals surface area contributed by atoms with Crippen molar-refractivity contribution >= 4 is 20.3 Å². The van der Waals surface area contributed by atoms with Gasteiger partial charge < -0.3 is 0 Å². The van der Waals surface area contributed by atoms with Crippen LogP contribution in [0.2, 0.25) is 13.1 Å². The van der Waals surface area contributed by atoms with Gasteiger partial charge in [-0.2, -0.15) is 6.07 Å². The molecule has 0 bridgehead atoms. The summed E-state index contributed by atoms with van der Waals surface area (Å²) in [6, 6.07) is 21.6. The molecule has 0 nitrogen and oxygen atoms in total. The Hall–Kier alpha value is -0.863. The first-order valence-electron chi connectivity index (χ1n) is 6.56. The Balaban J connectivity index is 0.000000462. The van der Waals surface area contributed by atoms with E-state index >= 15 is 0 Å². The van der Waals surface area contributed by atoms with Crippen LogP contribution in [0.15, 0.2) is 60.7 Å². The summed E-state index contributed by atoms with van der Waals surface area (Å²) in [6.45, 7) is 6.45. The van der Waals surface area contributed by atoms with Gasteiger partial charge in [0, 0.05) is 35.4 Å². The zero-order valence-corrected chi connectivity index (χ0v) is 16.9. The van der Waals surface area contributed by atoms with Gasteiger partial charge in [-0.1, -0.05) is 62.0 Å². The van der Waals surface area contributed by atoms with E-state index in [1.165, 1.54) is 27.5 Å². The summed E-state index contributed by atoms with van der Waals surface area (Å²) in [7, 11) is 1.08. The molecule has 0 fully saturated rings. The van der Waals surface area contributed by atoms with Crippen LogP contribution < -0.4 is 0 Å². The van der Waals surface area contributed by atoms with Gasteiger partial charge in [0.25, 0.3) is 0 Å². The Morgan fingerprint density at radius 3 is 2.20 bits per heavy atom. The Labute approximate surface area is 143 Å². The van der Waals surface area contributed by atoms with Crippen LogP contribution in [0.1, 0.15) is 5.56 Å². The van der Waals surface area contributed by atoms with Crippen molar-refractivity contribution in [1.29, 1.82) is 0 Å². The summed E-state index contributed by atoms with van der Waals surface area (Å²) in [5.41, 5.74) is 3.95. The van der Waals surface area contributed by atoms with Crippen molar-refractivity contribution in [3.8, 4) is 11.1 Å². The zero-order chi connectivity index (χ0) is 13.7. The fraction of sp³-hybridized carbons (Fsp3) is 0.167. The van der Waals surface area contributed by atoms with Crippen molar-refractivity contribution in [2.45, 2.75) is 20.0 Å². The van der Waals surface area contributed by atoms with E-state index in [1.54, 1.807) is 0 Å². The standard InChI is InChI=1S/C16H13.C2H6Si.Hf/c1-12-10-14-8-5-9-15(16(14)11-12)13-6-3-2-4-7-13;1-3-2;/h2-11H,1H3;1-2H3;/q-1;;. The smallest absolute Gasteiger partial charge is 0.0307 e.